The Hall–Kier alpha value is -0.750. The van der Waals surface area contributed by atoms with Crippen molar-refractivity contribution >= 4 is 43.5 Å². The normalized spacial score (nSPS) is 14.9. The summed E-state index contributed by atoms with van der Waals surface area (Å²) in [4.78, 5) is 0. The van der Waals surface area contributed by atoms with Gasteiger partial charge in [-0.25, -0.2) is 0 Å². The zero-order chi connectivity index (χ0) is 15.0. The van der Waals surface area contributed by atoms with Crippen LogP contribution in [0.15, 0.2) is 39.3 Å². The number of fused-ring (bicyclic) bond motifs is 1. The van der Waals surface area contributed by atoms with Crippen molar-refractivity contribution < 1.29 is 9.47 Å². The van der Waals surface area contributed by atoms with Crippen LogP contribution >= 0.6 is 43.5 Å². The first-order chi connectivity index (χ1) is 10.1. The highest BCUT2D eigenvalue weighted by Gasteiger charge is 2.20. The first-order valence-electron chi connectivity index (χ1n) is 6.36. The molecule has 3 nitrogen and oxygen atoms in total. The minimum atomic E-state index is -0.304. The van der Waals surface area contributed by atoms with Crippen LogP contribution in [0.4, 0.5) is 0 Å². The molecule has 1 heterocycles. The Morgan fingerprint density at radius 1 is 0.952 bits per heavy atom. The van der Waals surface area contributed by atoms with Crippen LogP contribution in [0.25, 0.3) is 0 Å². The van der Waals surface area contributed by atoms with E-state index in [9.17, 15) is 0 Å². The maximum Gasteiger partial charge on any atom is 0.162 e. The van der Waals surface area contributed by atoms with E-state index in [0.29, 0.717) is 18.2 Å². The number of halogens is 3. The highest BCUT2D eigenvalue weighted by molar-refractivity contribution is 9.10. The van der Waals surface area contributed by atoms with E-state index >= 15 is 0 Å². The van der Waals surface area contributed by atoms with E-state index in [4.69, 9.17) is 26.8 Å². The van der Waals surface area contributed by atoms with Gasteiger partial charge in [0.2, 0.25) is 0 Å². The molecule has 0 aromatic heterocycles. The predicted molar refractivity (Wildman–Crippen MR) is 90.3 cm³/mol. The second-order valence-electron chi connectivity index (χ2n) is 4.66. The lowest BCUT2D eigenvalue weighted by atomic mass is 9.99. The van der Waals surface area contributed by atoms with Gasteiger partial charge in [-0.2, -0.15) is 0 Å². The fourth-order valence-corrected chi connectivity index (χ4v) is 3.74. The van der Waals surface area contributed by atoms with Crippen molar-refractivity contribution in [2.75, 3.05) is 13.2 Å². The summed E-state index contributed by atoms with van der Waals surface area (Å²) >= 11 is 13.0. The number of hydrogen-bond donors (Lipinski definition) is 1. The summed E-state index contributed by atoms with van der Waals surface area (Å²) in [6.45, 7) is 1.11. The van der Waals surface area contributed by atoms with Crippen molar-refractivity contribution in [3.63, 3.8) is 0 Å². The van der Waals surface area contributed by atoms with Crippen LogP contribution in [-0.2, 0) is 0 Å². The highest BCUT2D eigenvalue weighted by Crippen LogP contribution is 2.40. The summed E-state index contributed by atoms with van der Waals surface area (Å²) in [5.74, 6) is 1.46. The van der Waals surface area contributed by atoms with Crippen molar-refractivity contribution in [3.8, 4) is 11.5 Å². The second kappa shape index (κ2) is 6.16. The van der Waals surface area contributed by atoms with E-state index in [1.54, 1.807) is 0 Å². The van der Waals surface area contributed by atoms with E-state index in [1.165, 1.54) is 0 Å². The molecule has 0 fully saturated rings. The van der Waals surface area contributed by atoms with Crippen molar-refractivity contribution in [1.29, 1.82) is 0 Å². The van der Waals surface area contributed by atoms with E-state index in [1.807, 2.05) is 30.3 Å². The van der Waals surface area contributed by atoms with Gasteiger partial charge in [0.15, 0.2) is 11.5 Å². The highest BCUT2D eigenvalue weighted by atomic mass is 79.9. The number of ether oxygens (including phenoxy) is 2. The van der Waals surface area contributed by atoms with Crippen molar-refractivity contribution in [2.24, 2.45) is 5.73 Å². The molecule has 1 unspecified atom stereocenters. The lowest BCUT2D eigenvalue weighted by Crippen LogP contribution is -2.18. The van der Waals surface area contributed by atoms with E-state index in [2.05, 4.69) is 31.9 Å². The van der Waals surface area contributed by atoms with E-state index in [0.717, 1.165) is 31.6 Å². The predicted octanol–water partition coefficient (Wildman–Crippen LogP) is 4.68. The first kappa shape index (κ1) is 15.2. The maximum atomic E-state index is 6.40. The number of rotatable bonds is 2. The fraction of sp³-hybridized carbons (Fsp3) is 0.200. The molecule has 1 atom stereocenters. The summed E-state index contributed by atoms with van der Waals surface area (Å²) < 4.78 is 13.0. The van der Waals surface area contributed by atoms with Gasteiger partial charge in [0.05, 0.1) is 6.04 Å². The molecule has 21 heavy (non-hydrogen) atoms. The lowest BCUT2D eigenvalue weighted by Gasteiger charge is -2.22. The molecule has 2 aromatic rings. The smallest absolute Gasteiger partial charge is 0.162 e. The molecular formula is C15H12Br2ClNO2. The topological polar surface area (TPSA) is 44.5 Å². The summed E-state index contributed by atoms with van der Waals surface area (Å²) in [5.41, 5.74) is 8.29. The summed E-state index contributed by atoms with van der Waals surface area (Å²) in [7, 11) is 0. The number of nitrogens with two attached hydrogens (primary N) is 1. The molecule has 0 aliphatic carbocycles. The Morgan fingerprint density at radius 3 is 2.24 bits per heavy atom. The molecular weight excluding hydrogens is 421 g/mol. The monoisotopic (exact) mass is 431 g/mol. The molecule has 0 amide bonds. The zero-order valence-corrected chi connectivity index (χ0v) is 14.8. The third-order valence-electron chi connectivity index (χ3n) is 3.29. The molecule has 2 N–H and O–H groups in total. The van der Waals surface area contributed by atoms with Crippen LogP contribution in [0.2, 0.25) is 5.02 Å². The van der Waals surface area contributed by atoms with Crippen LogP contribution < -0.4 is 15.2 Å². The molecule has 1 aliphatic rings. The Morgan fingerprint density at radius 2 is 1.57 bits per heavy atom. The van der Waals surface area contributed by atoms with Gasteiger partial charge in [-0.15, -0.1) is 0 Å². The molecule has 0 spiro atoms. The first-order valence-corrected chi connectivity index (χ1v) is 8.32. The third-order valence-corrected chi connectivity index (χ3v) is 4.90. The van der Waals surface area contributed by atoms with Gasteiger partial charge in [-0.1, -0.05) is 49.5 Å². The largest absolute Gasteiger partial charge is 0.486 e. The average molecular weight is 434 g/mol. The molecule has 0 saturated heterocycles. The van der Waals surface area contributed by atoms with E-state index < -0.39 is 0 Å². The van der Waals surface area contributed by atoms with Crippen LogP contribution in [0.5, 0.6) is 11.5 Å². The van der Waals surface area contributed by atoms with Crippen molar-refractivity contribution in [1.82, 2.24) is 0 Å². The molecule has 110 valence electrons. The van der Waals surface area contributed by atoms with Crippen molar-refractivity contribution in [3.05, 3.63) is 55.4 Å². The molecule has 1 aliphatic heterocycles. The molecule has 0 saturated carbocycles. The Labute approximate surface area is 144 Å². The summed E-state index contributed by atoms with van der Waals surface area (Å²) in [5, 5.41) is 0.666. The van der Waals surface area contributed by atoms with Gasteiger partial charge in [-0.3, -0.25) is 0 Å². The van der Waals surface area contributed by atoms with E-state index in [-0.39, 0.29) is 6.04 Å². The second-order valence-corrected chi connectivity index (χ2v) is 6.81. The minimum Gasteiger partial charge on any atom is -0.486 e. The molecule has 0 radical (unpaired) electrons. The maximum absolute atomic E-state index is 6.40. The lowest BCUT2D eigenvalue weighted by molar-refractivity contribution is 0.171. The van der Waals surface area contributed by atoms with Crippen LogP contribution in [-0.4, -0.2) is 13.2 Å². The molecule has 2 aromatic carbocycles. The van der Waals surface area contributed by atoms with Gasteiger partial charge in [0.1, 0.15) is 13.2 Å². The fourth-order valence-electron chi connectivity index (χ4n) is 2.24. The SMILES string of the molecule is NC(c1ccc(Cl)cc1Br)c1cc2c(cc1Br)OCCO2. The number of benzene rings is 2. The Bertz CT molecular complexity index is 694. The van der Waals surface area contributed by atoms with Gasteiger partial charge in [0, 0.05) is 14.0 Å². The van der Waals surface area contributed by atoms with Gasteiger partial charge >= 0.3 is 0 Å². The standard InChI is InChI=1S/C15H12Br2ClNO2/c16-11-5-8(18)1-2-9(11)15(19)10-6-13-14(7-12(10)17)21-4-3-20-13/h1-2,5-7,15H,3-4,19H2. The van der Waals surface area contributed by atoms with Crippen LogP contribution in [0.1, 0.15) is 17.2 Å². The third kappa shape index (κ3) is 3.06. The molecule has 6 heteroatoms. The number of hydrogen-bond acceptors (Lipinski definition) is 3. The Kier molecular flexibility index (Phi) is 4.45. The summed E-state index contributed by atoms with van der Waals surface area (Å²) in [6, 6.07) is 9.09. The zero-order valence-electron chi connectivity index (χ0n) is 10.9. The average Bonchev–Trinajstić information content (AvgIpc) is 2.46. The minimum absolute atomic E-state index is 0.304. The van der Waals surface area contributed by atoms with Gasteiger partial charge < -0.3 is 15.2 Å². The summed E-state index contributed by atoms with van der Waals surface area (Å²) in [6.07, 6.45) is 0. The quantitative estimate of drug-likeness (QED) is 0.748. The van der Waals surface area contributed by atoms with Crippen LogP contribution in [0.3, 0.4) is 0 Å². The van der Waals surface area contributed by atoms with Gasteiger partial charge in [0.25, 0.3) is 0 Å². The molecule has 3 rings (SSSR count). The van der Waals surface area contributed by atoms with Crippen molar-refractivity contribution in [2.45, 2.75) is 6.04 Å². The van der Waals surface area contributed by atoms with Gasteiger partial charge in [-0.05, 0) is 35.4 Å². The Balaban J connectivity index is 2.03. The molecule has 0 bridgehead atoms. The van der Waals surface area contributed by atoms with Crippen LogP contribution in [0, 0.1) is 0 Å².